The number of pyridine rings is 1. The molecule has 0 bridgehead atoms. The second-order valence-corrected chi connectivity index (χ2v) is 21.3. The molecule has 0 fully saturated rings. The van der Waals surface area contributed by atoms with Crippen molar-refractivity contribution in [2.45, 2.75) is 19.3 Å². The molecule has 306 valence electrons. The first kappa shape index (κ1) is 37.9. The molecule has 0 radical (unpaired) electrons. The van der Waals surface area contributed by atoms with Crippen LogP contribution in [0.4, 0.5) is 17.2 Å². The van der Waals surface area contributed by atoms with Crippen LogP contribution < -0.4 is 25.6 Å². The number of aromatic nitrogens is 4. The third-order valence-corrected chi connectivity index (χ3v) is 18.4. The fraction of sp³-hybridized carbons (Fsp3) is 0.0690. The highest BCUT2D eigenvalue weighted by Gasteiger charge is 2.44. The summed E-state index contributed by atoms with van der Waals surface area (Å²) in [5.41, 5.74) is 11.0. The van der Waals surface area contributed by atoms with E-state index in [4.69, 9.17) is 9.97 Å². The fourth-order valence-electron chi connectivity index (χ4n) is 10.8. The van der Waals surface area contributed by atoms with Crippen molar-refractivity contribution < 1.29 is 0 Å². The van der Waals surface area contributed by atoms with Gasteiger partial charge in [0.05, 0.1) is 34.0 Å². The Morgan fingerprint density at radius 2 is 1.08 bits per heavy atom. The first-order valence-corrected chi connectivity index (χ1v) is 24.1. The van der Waals surface area contributed by atoms with Crippen molar-refractivity contribution in [3.05, 3.63) is 230 Å². The maximum absolute atomic E-state index is 5.53. The van der Waals surface area contributed by atoms with Crippen molar-refractivity contribution in [2.24, 2.45) is 7.05 Å². The number of nitrogens with zero attached hydrogens (tertiary/aromatic N) is 5. The maximum atomic E-state index is 5.53. The van der Waals surface area contributed by atoms with E-state index in [1.54, 1.807) is 0 Å². The number of rotatable bonds is 7. The molecule has 64 heavy (non-hydrogen) atoms. The lowest BCUT2D eigenvalue weighted by Gasteiger charge is -2.42. The Labute approximate surface area is 374 Å². The van der Waals surface area contributed by atoms with Gasteiger partial charge >= 0.3 is 0 Å². The van der Waals surface area contributed by atoms with Crippen molar-refractivity contribution in [3.63, 3.8) is 0 Å². The summed E-state index contributed by atoms with van der Waals surface area (Å²) < 4.78 is 4.60. The summed E-state index contributed by atoms with van der Waals surface area (Å²) in [5, 5.41) is 7.67. The van der Waals surface area contributed by atoms with Crippen molar-refractivity contribution in [1.29, 1.82) is 0 Å². The lowest BCUT2D eigenvalue weighted by Crippen LogP contribution is -2.74. The minimum absolute atomic E-state index is 0.360. The molecule has 5 nitrogen and oxygen atoms in total. The van der Waals surface area contributed by atoms with Gasteiger partial charge in [0.1, 0.15) is 11.6 Å². The average molecular weight is 840 g/mol. The highest BCUT2D eigenvalue weighted by Crippen LogP contribution is 2.54. The molecular weight excluding hydrogens is 795 g/mol. The number of para-hydroxylation sites is 5. The third-order valence-electron chi connectivity index (χ3n) is 13.7. The zero-order valence-electron chi connectivity index (χ0n) is 36.0. The number of fused-ring (bicyclic) bond motifs is 7. The highest BCUT2D eigenvalue weighted by atomic mass is 28.3. The van der Waals surface area contributed by atoms with Gasteiger partial charge in [-0.05, 0) is 74.8 Å². The van der Waals surface area contributed by atoms with Crippen LogP contribution >= 0.6 is 0 Å². The predicted molar refractivity (Wildman–Crippen MR) is 269 cm³/mol. The molecule has 1 aliphatic heterocycles. The largest absolute Gasteiger partial charge is 0.327 e. The van der Waals surface area contributed by atoms with Crippen LogP contribution in [-0.4, -0.2) is 27.2 Å². The Bertz CT molecular complexity index is 3510. The van der Waals surface area contributed by atoms with E-state index in [0.29, 0.717) is 0 Å². The number of imidazole rings is 1. The molecule has 1 aliphatic rings. The SMILES string of the molecule is Cn1c(-c2cccc([Si](c3ccccc3)(c3ccccc3)c3cccc(N4c5ccccc5C(C)(C)c5c4ncc4c5c5ccccc5n4-c4ccccc4)c3)c2)nc2ccccc21. The molecule has 4 heterocycles. The Kier molecular flexibility index (Phi) is 8.68. The molecule has 0 N–H and O–H groups in total. The van der Waals surface area contributed by atoms with Crippen LogP contribution in [0.15, 0.2) is 219 Å². The Morgan fingerprint density at radius 1 is 0.500 bits per heavy atom. The number of aryl methyl sites for hydroxylation is 1. The molecule has 0 aliphatic carbocycles. The average Bonchev–Trinajstić information content (AvgIpc) is 3.87. The molecule has 0 unspecified atom stereocenters. The first-order valence-electron chi connectivity index (χ1n) is 22.1. The topological polar surface area (TPSA) is 38.9 Å². The second kappa shape index (κ2) is 14.7. The van der Waals surface area contributed by atoms with Gasteiger partial charge in [0.15, 0.2) is 8.07 Å². The molecule has 3 aromatic heterocycles. The summed E-state index contributed by atoms with van der Waals surface area (Å²) in [6.07, 6.45) is 2.10. The molecule has 8 aromatic carbocycles. The summed E-state index contributed by atoms with van der Waals surface area (Å²) in [5.74, 6) is 1.91. The summed E-state index contributed by atoms with van der Waals surface area (Å²) in [7, 11) is -0.907. The van der Waals surface area contributed by atoms with Crippen molar-refractivity contribution in [3.8, 4) is 17.1 Å². The van der Waals surface area contributed by atoms with Gasteiger partial charge in [0.25, 0.3) is 0 Å². The number of benzene rings is 8. The fourth-order valence-corrected chi connectivity index (χ4v) is 15.6. The van der Waals surface area contributed by atoms with Gasteiger partial charge in [-0.25, -0.2) is 9.97 Å². The number of hydrogen-bond acceptors (Lipinski definition) is 3. The Balaban J connectivity index is 1.13. The van der Waals surface area contributed by atoms with E-state index in [2.05, 4.69) is 253 Å². The van der Waals surface area contributed by atoms with Gasteiger partial charge in [-0.15, -0.1) is 0 Å². The molecule has 0 saturated carbocycles. The van der Waals surface area contributed by atoms with E-state index in [1.807, 2.05) is 0 Å². The minimum Gasteiger partial charge on any atom is -0.327 e. The zero-order valence-corrected chi connectivity index (χ0v) is 37.0. The van der Waals surface area contributed by atoms with Crippen molar-refractivity contribution in [1.82, 2.24) is 19.1 Å². The van der Waals surface area contributed by atoms with E-state index in [1.165, 1.54) is 48.2 Å². The zero-order chi connectivity index (χ0) is 43.0. The molecule has 0 saturated heterocycles. The smallest absolute Gasteiger partial charge is 0.179 e. The van der Waals surface area contributed by atoms with Crippen LogP contribution in [0.2, 0.25) is 0 Å². The molecule has 0 atom stereocenters. The summed E-state index contributed by atoms with van der Waals surface area (Å²) in [6.45, 7) is 4.74. The van der Waals surface area contributed by atoms with E-state index in [-0.39, 0.29) is 5.41 Å². The van der Waals surface area contributed by atoms with Crippen LogP contribution in [0.5, 0.6) is 0 Å². The summed E-state index contributed by atoms with van der Waals surface area (Å²) >= 11 is 0. The van der Waals surface area contributed by atoms with Gasteiger partial charge < -0.3 is 9.13 Å². The lowest BCUT2D eigenvalue weighted by atomic mass is 9.73. The molecule has 6 heteroatoms. The molecule has 0 spiro atoms. The Hall–Kier alpha value is -7.80. The van der Waals surface area contributed by atoms with E-state index in [9.17, 15) is 0 Å². The highest BCUT2D eigenvalue weighted by molar-refractivity contribution is 7.20. The first-order chi connectivity index (χ1) is 31.4. The number of hydrogen-bond donors (Lipinski definition) is 0. The van der Waals surface area contributed by atoms with Crippen LogP contribution in [0.1, 0.15) is 25.0 Å². The third kappa shape index (κ3) is 5.55. The standard InChI is InChI=1S/C58H45N5Si/c1-58(2)48-32-14-17-35-51(48)63(57-55(58)54-47-31-13-16-34-50(47)62(53(54)39-59-57)41-22-7-4-8-23-41)42-24-20-30-46(38-42)64(43-25-9-5-10-26-43,44-27-11-6-12-28-44)45-29-19-21-40(37-45)56-60-49-33-15-18-36-52(49)61(56)3/h4-39H,1-3H3. The van der Waals surface area contributed by atoms with Crippen molar-refractivity contribution in [2.75, 3.05) is 4.90 Å². The maximum Gasteiger partial charge on any atom is 0.179 e. The van der Waals surface area contributed by atoms with Gasteiger partial charge in [0.2, 0.25) is 0 Å². The van der Waals surface area contributed by atoms with Gasteiger partial charge in [-0.3, -0.25) is 4.90 Å². The molecule has 12 rings (SSSR count). The monoisotopic (exact) mass is 839 g/mol. The van der Waals surface area contributed by atoms with E-state index < -0.39 is 8.07 Å². The molecular formula is C58H45N5Si. The minimum atomic E-state index is -3.03. The van der Waals surface area contributed by atoms with Gasteiger partial charge in [0, 0.05) is 45.7 Å². The predicted octanol–water partition coefficient (Wildman–Crippen LogP) is 11.2. The summed E-state index contributed by atoms with van der Waals surface area (Å²) in [4.78, 5) is 13.1. The molecule has 11 aromatic rings. The summed E-state index contributed by atoms with van der Waals surface area (Å²) in [6, 6.07) is 77.7. The van der Waals surface area contributed by atoms with Gasteiger partial charge in [-0.2, -0.15) is 0 Å². The Morgan fingerprint density at radius 3 is 1.81 bits per heavy atom. The molecule has 0 amide bonds. The van der Waals surface area contributed by atoms with Crippen LogP contribution in [-0.2, 0) is 12.5 Å². The van der Waals surface area contributed by atoms with Gasteiger partial charge in [-0.1, -0.05) is 178 Å². The van der Waals surface area contributed by atoms with E-state index >= 15 is 0 Å². The second-order valence-electron chi connectivity index (χ2n) is 17.5. The lowest BCUT2D eigenvalue weighted by molar-refractivity contribution is 0.634. The normalized spacial score (nSPS) is 13.3. The number of anilines is 3. The quantitative estimate of drug-likeness (QED) is 0.119. The van der Waals surface area contributed by atoms with Crippen LogP contribution in [0.25, 0.3) is 49.9 Å². The van der Waals surface area contributed by atoms with Crippen LogP contribution in [0, 0.1) is 0 Å². The van der Waals surface area contributed by atoms with E-state index in [0.717, 1.165) is 50.8 Å². The van der Waals surface area contributed by atoms with Crippen LogP contribution in [0.3, 0.4) is 0 Å². The van der Waals surface area contributed by atoms with Crippen molar-refractivity contribution >= 4 is 78.9 Å².